The number of likely N-dealkylation sites (tertiary alicyclic amines) is 1. The summed E-state index contributed by atoms with van der Waals surface area (Å²) in [6.45, 7) is 14.2. The minimum atomic E-state index is -0.338. The summed E-state index contributed by atoms with van der Waals surface area (Å²) < 4.78 is 0. The van der Waals surface area contributed by atoms with Crippen molar-refractivity contribution in [2.75, 3.05) is 19.6 Å². The monoisotopic (exact) mass is 464 g/mol. The molecule has 0 spiro atoms. The predicted octanol–water partition coefficient (Wildman–Crippen LogP) is 3.59. The summed E-state index contributed by atoms with van der Waals surface area (Å²) in [5.41, 5.74) is 10.3. The summed E-state index contributed by atoms with van der Waals surface area (Å²) in [5, 5.41) is 11.6. The first-order chi connectivity index (χ1) is 15.3. The molecule has 32 heavy (non-hydrogen) atoms. The molecule has 0 saturated carbocycles. The van der Waals surface area contributed by atoms with Crippen molar-refractivity contribution < 1.29 is 14.7 Å². The fourth-order valence-corrected chi connectivity index (χ4v) is 3.42. The second-order valence-electron chi connectivity index (χ2n) is 7.68. The van der Waals surface area contributed by atoms with Gasteiger partial charge in [-0.05, 0) is 30.4 Å². The molecule has 0 bridgehead atoms. The Kier molecular flexibility index (Phi) is 16.1. The zero-order valence-electron chi connectivity index (χ0n) is 20.3. The van der Waals surface area contributed by atoms with Gasteiger partial charge in [-0.2, -0.15) is 0 Å². The highest BCUT2D eigenvalue weighted by Crippen LogP contribution is 2.27. The number of carbonyl (C=O) groups is 2. The van der Waals surface area contributed by atoms with Crippen molar-refractivity contribution in [1.29, 1.82) is 0 Å². The van der Waals surface area contributed by atoms with E-state index >= 15 is 0 Å². The molecule has 1 aromatic heterocycles. The Bertz CT molecular complexity index is 760. The van der Waals surface area contributed by atoms with Gasteiger partial charge in [0.1, 0.15) is 0 Å². The smallest absolute Gasteiger partial charge is 0.236 e. The van der Waals surface area contributed by atoms with Crippen molar-refractivity contribution in [3.05, 3.63) is 41.0 Å². The third-order valence-electron chi connectivity index (χ3n) is 4.04. The molecule has 2 heterocycles. The number of aliphatic hydroxyl groups excluding tert-OH is 1. The summed E-state index contributed by atoms with van der Waals surface area (Å²) in [7, 11) is 0. The van der Waals surface area contributed by atoms with Crippen LogP contribution in [-0.2, 0) is 16.1 Å². The molecule has 0 aliphatic carbocycles. The van der Waals surface area contributed by atoms with E-state index in [0.717, 1.165) is 17.2 Å². The van der Waals surface area contributed by atoms with Crippen LogP contribution in [-0.4, -0.2) is 53.0 Å². The average molecular weight is 465 g/mol. The summed E-state index contributed by atoms with van der Waals surface area (Å²) in [5.74, 6) is 0.761. The topological polar surface area (TPSA) is 109 Å². The number of nitrogens with two attached hydrogens (primary N) is 1. The van der Waals surface area contributed by atoms with E-state index in [1.807, 2.05) is 38.4 Å². The van der Waals surface area contributed by atoms with Crippen molar-refractivity contribution in [1.82, 2.24) is 15.2 Å². The van der Waals surface area contributed by atoms with E-state index < -0.39 is 0 Å². The molecule has 2 amide bonds. The van der Waals surface area contributed by atoms with Crippen LogP contribution in [0, 0.1) is 12.8 Å². The number of aryl methyl sites for hydroxylation is 1. The number of aliphatic hydroxyl groups is 1. The van der Waals surface area contributed by atoms with E-state index in [1.54, 1.807) is 16.2 Å². The van der Waals surface area contributed by atoms with Crippen molar-refractivity contribution >= 4 is 23.7 Å². The lowest BCUT2D eigenvalue weighted by Gasteiger charge is -2.13. The number of hydrogen-bond donors (Lipinski definition) is 3. The fraction of sp³-hybridized carbons (Fsp3) is 0.542. The van der Waals surface area contributed by atoms with Gasteiger partial charge in [-0.1, -0.05) is 58.9 Å². The zero-order chi connectivity index (χ0) is 24.5. The average Bonchev–Trinajstić information content (AvgIpc) is 3.42. The van der Waals surface area contributed by atoms with Crippen LogP contribution in [0.5, 0.6) is 0 Å². The molecule has 7 nitrogen and oxygen atoms in total. The molecule has 4 N–H and O–H groups in total. The zero-order valence-corrected chi connectivity index (χ0v) is 21.1. The largest absolute Gasteiger partial charge is 0.391 e. The Hall–Kier alpha value is -2.29. The van der Waals surface area contributed by atoms with Gasteiger partial charge in [-0.25, -0.2) is 4.98 Å². The first-order valence-corrected chi connectivity index (χ1v) is 12.0. The van der Waals surface area contributed by atoms with E-state index in [0.29, 0.717) is 32.5 Å². The lowest BCUT2D eigenvalue weighted by molar-refractivity contribution is -0.129. The van der Waals surface area contributed by atoms with E-state index in [-0.39, 0.29) is 18.6 Å². The molecular formula is C24H40N4O3S. The van der Waals surface area contributed by atoms with E-state index in [9.17, 15) is 9.59 Å². The highest BCUT2D eigenvalue weighted by molar-refractivity contribution is 7.13. The normalized spacial score (nSPS) is 14.3. The number of carbonyl (C=O) groups excluding carboxylic acids is 2. The molecule has 1 unspecified atom stereocenters. The third kappa shape index (κ3) is 11.9. The highest BCUT2D eigenvalue weighted by Gasteiger charge is 2.22. The fourth-order valence-electron chi connectivity index (χ4n) is 2.61. The minimum Gasteiger partial charge on any atom is -0.391 e. The van der Waals surface area contributed by atoms with Gasteiger partial charge in [0.25, 0.3) is 0 Å². The maximum absolute atomic E-state index is 10.8. The molecule has 8 heteroatoms. The molecule has 1 aliphatic rings. The van der Waals surface area contributed by atoms with Crippen LogP contribution in [0.3, 0.4) is 0 Å². The quantitative estimate of drug-likeness (QED) is 0.586. The molecule has 2 aromatic rings. The SMILES string of the molecule is CC.CC(C)C.Cc1ncsc1-c1ccc(CNC=O)cc1.NCC(=O)N1CCC(O)C1. The van der Waals surface area contributed by atoms with Crippen LogP contribution in [0.4, 0.5) is 0 Å². The minimum absolute atomic E-state index is 0.0483. The van der Waals surface area contributed by atoms with Gasteiger partial charge in [-0.3, -0.25) is 9.59 Å². The Morgan fingerprint density at radius 3 is 2.31 bits per heavy atom. The first kappa shape index (κ1) is 29.7. The van der Waals surface area contributed by atoms with Crippen LogP contribution in [0.1, 0.15) is 52.3 Å². The molecular weight excluding hydrogens is 424 g/mol. The Balaban J connectivity index is 0.000000514. The summed E-state index contributed by atoms with van der Waals surface area (Å²) in [6.07, 6.45) is 1.06. The maximum Gasteiger partial charge on any atom is 0.236 e. The molecule has 1 atom stereocenters. The summed E-state index contributed by atoms with van der Waals surface area (Å²) >= 11 is 1.64. The van der Waals surface area contributed by atoms with Gasteiger partial charge in [-0.15, -0.1) is 11.3 Å². The lowest BCUT2D eigenvalue weighted by Crippen LogP contribution is -2.34. The number of benzene rings is 1. The molecule has 1 saturated heterocycles. The van der Waals surface area contributed by atoms with Crippen LogP contribution in [0.25, 0.3) is 10.4 Å². The summed E-state index contributed by atoms with van der Waals surface area (Å²) in [4.78, 5) is 28.0. The van der Waals surface area contributed by atoms with E-state index in [4.69, 9.17) is 10.8 Å². The van der Waals surface area contributed by atoms with E-state index in [1.165, 1.54) is 10.4 Å². The van der Waals surface area contributed by atoms with Crippen molar-refractivity contribution in [2.45, 2.75) is 60.6 Å². The molecule has 3 rings (SSSR count). The van der Waals surface area contributed by atoms with Crippen molar-refractivity contribution in [3.63, 3.8) is 0 Å². The Morgan fingerprint density at radius 2 is 1.91 bits per heavy atom. The molecule has 0 radical (unpaired) electrons. The Labute approximate surface area is 197 Å². The standard InChI is InChI=1S/C12H12N2OS.C6H12N2O2.C4H10.C2H6/c1-9-12(16-8-14-9)11-4-2-10(3-5-11)6-13-7-15;7-3-6(10)8-2-1-5(9)4-8;1-4(2)3;1-2/h2-5,7-8H,6H2,1H3,(H,13,15);5,9H,1-4,7H2;4H,1-3H3;1-2H3. The number of hydrogen-bond acceptors (Lipinski definition) is 6. The maximum atomic E-state index is 10.8. The van der Waals surface area contributed by atoms with Gasteiger partial charge in [0, 0.05) is 19.6 Å². The van der Waals surface area contributed by atoms with Crippen molar-refractivity contribution in [3.8, 4) is 10.4 Å². The lowest BCUT2D eigenvalue weighted by atomic mass is 10.1. The molecule has 1 aromatic carbocycles. The van der Waals surface area contributed by atoms with Gasteiger partial charge in [0.05, 0.1) is 28.7 Å². The van der Waals surface area contributed by atoms with Gasteiger partial charge in [0.2, 0.25) is 12.3 Å². The van der Waals surface area contributed by atoms with E-state index in [2.05, 4.69) is 43.2 Å². The molecule has 1 fully saturated rings. The summed E-state index contributed by atoms with van der Waals surface area (Å²) in [6, 6.07) is 8.15. The van der Waals surface area contributed by atoms with Gasteiger partial charge >= 0.3 is 0 Å². The third-order valence-corrected chi connectivity index (χ3v) is 5.02. The van der Waals surface area contributed by atoms with Gasteiger partial charge in [0.15, 0.2) is 0 Å². The second-order valence-corrected chi connectivity index (χ2v) is 8.54. The number of thiazole rings is 1. The number of nitrogens with one attached hydrogen (secondary N) is 1. The predicted molar refractivity (Wildman–Crippen MR) is 133 cm³/mol. The van der Waals surface area contributed by atoms with Crippen LogP contribution in [0.15, 0.2) is 29.8 Å². The molecule has 180 valence electrons. The number of nitrogens with zero attached hydrogens (tertiary/aromatic N) is 2. The number of aromatic nitrogens is 1. The first-order valence-electron chi connectivity index (χ1n) is 11.1. The van der Waals surface area contributed by atoms with Crippen molar-refractivity contribution in [2.24, 2.45) is 11.7 Å². The van der Waals surface area contributed by atoms with Crippen LogP contribution >= 0.6 is 11.3 Å². The second kappa shape index (κ2) is 17.3. The number of amides is 2. The van der Waals surface area contributed by atoms with Crippen LogP contribution < -0.4 is 11.1 Å². The number of rotatable bonds is 5. The van der Waals surface area contributed by atoms with Crippen LogP contribution in [0.2, 0.25) is 0 Å². The number of β-amino-alcohol motifs (C(OH)–C–C–N with tert-alkyl or cyclic N) is 1. The molecule has 1 aliphatic heterocycles. The Morgan fingerprint density at radius 1 is 1.31 bits per heavy atom. The highest BCUT2D eigenvalue weighted by atomic mass is 32.1. The van der Waals surface area contributed by atoms with Gasteiger partial charge < -0.3 is 21.1 Å².